The maximum atomic E-state index is 11.5. The van der Waals surface area contributed by atoms with Crippen LogP contribution >= 0.6 is 0 Å². The van der Waals surface area contributed by atoms with E-state index < -0.39 is 5.54 Å². The summed E-state index contributed by atoms with van der Waals surface area (Å²) in [6, 6.07) is 0. The Bertz CT molecular complexity index is 242. The summed E-state index contributed by atoms with van der Waals surface area (Å²) >= 11 is 0. The molecule has 0 aliphatic carbocycles. The van der Waals surface area contributed by atoms with Gasteiger partial charge in [0.25, 0.3) is 0 Å². The molecule has 78 valence electrons. The van der Waals surface area contributed by atoms with Crippen molar-refractivity contribution in [2.24, 2.45) is 0 Å². The lowest BCUT2D eigenvalue weighted by Gasteiger charge is -2.26. The molecule has 1 unspecified atom stereocenters. The molecule has 0 spiro atoms. The Balaban J connectivity index is 4.40. The van der Waals surface area contributed by atoms with Crippen LogP contribution in [0.25, 0.3) is 0 Å². The minimum atomic E-state index is -0.713. The zero-order chi connectivity index (χ0) is 11.0. The molecule has 0 aromatic rings. The van der Waals surface area contributed by atoms with Crippen LogP contribution in [-0.4, -0.2) is 25.2 Å². The molecule has 3 nitrogen and oxygen atoms in total. The zero-order valence-corrected chi connectivity index (χ0v) is 8.80. The molecule has 0 amide bonds. The number of esters is 1. The molecule has 0 aliphatic heterocycles. The summed E-state index contributed by atoms with van der Waals surface area (Å²) in [5.74, 6) is 2.14. The van der Waals surface area contributed by atoms with Crippen LogP contribution in [0, 0.1) is 12.3 Å². The number of terminal acetylenes is 1. The molecule has 0 radical (unpaired) electrons. The number of hydrogen-bond donors (Lipinski definition) is 1. The summed E-state index contributed by atoms with van der Waals surface area (Å²) in [4.78, 5) is 11.5. The van der Waals surface area contributed by atoms with Gasteiger partial charge in [-0.05, 0) is 19.8 Å². The quantitative estimate of drug-likeness (QED) is 0.392. The van der Waals surface area contributed by atoms with E-state index >= 15 is 0 Å². The lowest BCUT2D eigenvalue weighted by Crippen LogP contribution is -2.50. The van der Waals surface area contributed by atoms with Gasteiger partial charge in [-0.15, -0.1) is 13.0 Å². The predicted molar refractivity (Wildman–Crippen MR) is 56.7 cm³/mol. The van der Waals surface area contributed by atoms with Crippen molar-refractivity contribution in [2.45, 2.75) is 25.3 Å². The van der Waals surface area contributed by atoms with Crippen LogP contribution in [0.3, 0.4) is 0 Å². The van der Waals surface area contributed by atoms with E-state index in [0.717, 1.165) is 6.42 Å². The van der Waals surface area contributed by atoms with Gasteiger partial charge in [0.1, 0.15) is 5.54 Å². The second kappa shape index (κ2) is 6.22. The minimum Gasteiger partial charge on any atom is -0.468 e. The number of nitrogens with one attached hydrogen (secondary N) is 1. The summed E-state index contributed by atoms with van der Waals surface area (Å²) in [5, 5.41) is 2.97. The monoisotopic (exact) mass is 195 g/mol. The highest BCUT2D eigenvalue weighted by molar-refractivity contribution is 5.80. The van der Waals surface area contributed by atoms with Crippen LogP contribution in [0.15, 0.2) is 12.7 Å². The number of carbonyl (C=O) groups excluding carboxylic acids is 1. The van der Waals surface area contributed by atoms with Gasteiger partial charge in [0.2, 0.25) is 0 Å². The maximum absolute atomic E-state index is 11.5. The number of ether oxygens (including phenoxy) is 1. The van der Waals surface area contributed by atoms with Gasteiger partial charge in [-0.2, -0.15) is 0 Å². The summed E-state index contributed by atoms with van der Waals surface area (Å²) in [5.41, 5.74) is -0.713. The molecule has 0 heterocycles. The Kier molecular flexibility index (Phi) is 5.66. The Hall–Kier alpha value is -1.27. The molecule has 0 aromatic carbocycles. The number of methoxy groups -OCH3 is 1. The third-order valence-electron chi connectivity index (χ3n) is 2.06. The fraction of sp³-hybridized carbons (Fsp3) is 0.545. The number of carbonyl (C=O) groups is 1. The first kappa shape index (κ1) is 12.7. The van der Waals surface area contributed by atoms with Gasteiger partial charge in [-0.25, -0.2) is 0 Å². The average molecular weight is 195 g/mol. The van der Waals surface area contributed by atoms with Gasteiger partial charge in [0, 0.05) is 0 Å². The molecule has 0 rings (SSSR count). The molecule has 0 fully saturated rings. The lowest BCUT2D eigenvalue weighted by atomic mass is 9.96. The Morgan fingerprint density at radius 1 is 1.79 bits per heavy atom. The summed E-state index contributed by atoms with van der Waals surface area (Å²) < 4.78 is 4.71. The molecule has 1 N–H and O–H groups in total. The highest BCUT2D eigenvalue weighted by Gasteiger charge is 2.32. The second-order valence-electron chi connectivity index (χ2n) is 3.21. The number of rotatable bonds is 6. The van der Waals surface area contributed by atoms with Gasteiger partial charge in [0.15, 0.2) is 0 Å². The molecular formula is C11H17NO2. The topological polar surface area (TPSA) is 38.3 Å². The highest BCUT2D eigenvalue weighted by atomic mass is 16.5. The second-order valence-corrected chi connectivity index (χ2v) is 3.21. The minimum absolute atomic E-state index is 0.297. The average Bonchev–Trinajstić information content (AvgIpc) is 2.22. The van der Waals surface area contributed by atoms with Crippen molar-refractivity contribution in [3.8, 4) is 12.3 Å². The third-order valence-corrected chi connectivity index (χ3v) is 2.06. The van der Waals surface area contributed by atoms with E-state index in [0.29, 0.717) is 13.0 Å². The molecule has 0 aromatic heterocycles. The SMILES string of the molecule is C#CCNC(C)(CCC=C)C(=O)OC. The first-order valence-corrected chi connectivity index (χ1v) is 4.48. The van der Waals surface area contributed by atoms with Crippen LogP contribution in [0.2, 0.25) is 0 Å². The van der Waals surface area contributed by atoms with Crippen molar-refractivity contribution < 1.29 is 9.53 Å². The van der Waals surface area contributed by atoms with Crippen LogP contribution in [0.5, 0.6) is 0 Å². The van der Waals surface area contributed by atoms with E-state index in [1.54, 1.807) is 13.0 Å². The van der Waals surface area contributed by atoms with Crippen molar-refractivity contribution in [2.75, 3.05) is 13.7 Å². The van der Waals surface area contributed by atoms with Gasteiger partial charge in [-0.1, -0.05) is 12.0 Å². The fourth-order valence-corrected chi connectivity index (χ4v) is 1.12. The smallest absolute Gasteiger partial charge is 0.325 e. The number of hydrogen-bond acceptors (Lipinski definition) is 3. The van der Waals surface area contributed by atoms with Crippen molar-refractivity contribution in [3.63, 3.8) is 0 Å². The normalized spacial score (nSPS) is 13.8. The van der Waals surface area contributed by atoms with Gasteiger partial charge in [-0.3, -0.25) is 10.1 Å². The first-order valence-electron chi connectivity index (χ1n) is 4.48. The third kappa shape index (κ3) is 3.63. The van der Waals surface area contributed by atoms with Crippen molar-refractivity contribution >= 4 is 5.97 Å². The Morgan fingerprint density at radius 2 is 2.43 bits per heavy atom. The lowest BCUT2D eigenvalue weighted by molar-refractivity contribution is -0.148. The van der Waals surface area contributed by atoms with Gasteiger partial charge < -0.3 is 4.74 Å². The molecule has 0 aliphatic rings. The molecule has 0 bridgehead atoms. The van der Waals surface area contributed by atoms with Gasteiger partial charge in [0.05, 0.1) is 13.7 Å². The maximum Gasteiger partial charge on any atom is 0.325 e. The van der Waals surface area contributed by atoms with Crippen LogP contribution < -0.4 is 5.32 Å². The Morgan fingerprint density at radius 3 is 2.86 bits per heavy atom. The molecular weight excluding hydrogens is 178 g/mol. The number of allylic oxidation sites excluding steroid dienone is 1. The van der Waals surface area contributed by atoms with Crippen molar-refractivity contribution in [1.29, 1.82) is 0 Å². The van der Waals surface area contributed by atoms with Gasteiger partial charge >= 0.3 is 5.97 Å². The van der Waals surface area contributed by atoms with E-state index in [-0.39, 0.29) is 5.97 Å². The first-order chi connectivity index (χ1) is 6.60. The summed E-state index contributed by atoms with van der Waals surface area (Å²) in [7, 11) is 1.37. The highest BCUT2D eigenvalue weighted by Crippen LogP contribution is 2.14. The molecule has 3 heteroatoms. The van der Waals surface area contributed by atoms with Crippen molar-refractivity contribution in [3.05, 3.63) is 12.7 Å². The van der Waals surface area contributed by atoms with Crippen LogP contribution in [0.1, 0.15) is 19.8 Å². The zero-order valence-electron chi connectivity index (χ0n) is 8.80. The molecule has 14 heavy (non-hydrogen) atoms. The summed E-state index contributed by atoms with van der Waals surface area (Å²) in [6.45, 7) is 5.74. The Labute approximate surface area is 85.5 Å². The van der Waals surface area contributed by atoms with E-state index in [4.69, 9.17) is 11.2 Å². The van der Waals surface area contributed by atoms with E-state index in [1.807, 2.05) is 0 Å². The molecule has 0 saturated carbocycles. The fourth-order valence-electron chi connectivity index (χ4n) is 1.12. The molecule has 1 atom stereocenters. The van der Waals surface area contributed by atoms with Crippen LogP contribution in [-0.2, 0) is 9.53 Å². The van der Waals surface area contributed by atoms with E-state index in [2.05, 4.69) is 17.8 Å². The standard InChI is InChI=1S/C11H17NO2/c1-5-7-8-11(3,10(13)14-4)12-9-6-2/h2,5,12H,1,7-9H2,3-4H3. The van der Waals surface area contributed by atoms with Crippen molar-refractivity contribution in [1.82, 2.24) is 5.32 Å². The van der Waals surface area contributed by atoms with E-state index in [1.165, 1.54) is 7.11 Å². The van der Waals surface area contributed by atoms with Crippen LogP contribution in [0.4, 0.5) is 0 Å². The summed E-state index contributed by atoms with van der Waals surface area (Å²) in [6.07, 6.45) is 8.25. The largest absolute Gasteiger partial charge is 0.468 e. The molecule has 0 saturated heterocycles. The predicted octanol–water partition coefficient (Wildman–Crippen LogP) is 1.11. The van der Waals surface area contributed by atoms with E-state index in [9.17, 15) is 4.79 Å².